The van der Waals surface area contributed by atoms with Crippen LogP contribution in [-0.4, -0.2) is 12.6 Å². The number of hydrogen-bond donors (Lipinski definition) is 0. The molecule has 1 rings (SSSR count). The third kappa shape index (κ3) is 6.95. The molecular formula is C13H20O2. The Morgan fingerprint density at radius 3 is 2.67 bits per heavy atom. The van der Waals surface area contributed by atoms with E-state index in [1.807, 2.05) is 12.2 Å². The molecule has 0 aliphatic carbocycles. The first-order valence-electron chi connectivity index (χ1n) is 5.85. The van der Waals surface area contributed by atoms with Crippen LogP contribution in [0.4, 0.5) is 0 Å². The van der Waals surface area contributed by atoms with Gasteiger partial charge in [-0.1, -0.05) is 37.1 Å². The molecular weight excluding hydrogens is 188 g/mol. The number of cyclic esters (lactones) is 1. The lowest BCUT2D eigenvalue weighted by atomic mass is 10.1. The topological polar surface area (TPSA) is 26.3 Å². The molecule has 1 aliphatic heterocycles. The average molecular weight is 208 g/mol. The summed E-state index contributed by atoms with van der Waals surface area (Å²) in [7, 11) is 0. The number of allylic oxidation sites excluding steroid dienone is 3. The lowest BCUT2D eigenvalue weighted by molar-refractivity contribution is -0.142. The van der Waals surface area contributed by atoms with E-state index in [2.05, 4.69) is 12.2 Å². The molecule has 0 amide bonds. The Hall–Kier alpha value is -1.05. The highest BCUT2D eigenvalue weighted by molar-refractivity contribution is 5.71. The molecule has 0 radical (unpaired) electrons. The van der Waals surface area contributed by atoms with Crippen molar-refractivity contribution in [3.63, 3.8) is 0 Å². The molecule has 0 aromatic heterocycles. The van der Waals surface area contributed by atoms with Crippen molar-refractivity contribution in [3.05, 3.63) is 24.3 Å². The van der Waals surface area contributed by atoms with E-state index in [0.717, 1.165) is 19.3 Å². The first-order chi connectivity index (χ1) is 7.39. The highest BCUT2D eigenvalue weighted by atomic mass is 16.5. The molecule has 15 heavy (non-hydrogen) atoms. The zero-order valence-electron chi connectivity index (χ0n) is 9.28. The van der Waals surface area contributed by atoms with Crippen molar-refractivity contribution in [2.75, 3.05) is 6.61 Å². The summed E-state index contributed by atoms with van der Waals surface area (Å²) in [5, 5.41) is 0. The fourth-order valence-corrected chi connectivity index (χ4v) is 1.53. The summed E-state index contributed by atoms with van der Waals surface area (Å²) in [6.45, 7) is 0.586. The van der Waals surface area contributed by atoms with Crippen LogP contribution in [0, 0.1) is 0 Å². The maximum atomic E-state index is 11.2. The molecule has 2 nitrogen and oxygen atoms in total. The summed E-state index contributed by atoms with van der Waals surface area (Å²) in [5.74, 6) is -0.104. The lowest BCUT2D eigenvalue weighted by Crippen LogP contribution is -2.04. The molecule has 0 aromatic carbocycles. The monoisotopic (exact) mass is 208 g/mol. The van der Waals surface area contributed by atoms with Gasteiger partial charge >= 0.3 is 5.97 Å². The minimum absolute atomic E-state index is 0.104. The molecule has 1 heterocycles. The van der Waals surface area contributed by atoms with Gasteiger partial charge in [-0.3, -0.25) is 4.79 Å². The molecule has 0 unspecified atom stereocenters. The summed E-state index contributed by atoms with van der Waals surface area (Å²) >= 11 is 0. The predicted molar refractivity (Wildman–Crippen MR) is 61.6 cm³/mol. The summed E-state index contributed by atoms with van der Waals surface area (Å²) in [6.07, 6.45) is 15.4. The number of carbonyl (C=O) groups excluding carboxylic acids is 1. The number of carbonyl (C=O) groups is 1. The Kier molecular flexibility index (Phi) is 6.63. The van der Waals surface area contributed by atoms with E-state index >= 15 is 0 Å². The molecule has 1 aliphatic rings. The zero-order chi connectivity index (χ0) is 10.8. The van der Waals surface area contributed by atoms with Crippen LogP contribution in [0.1, 0.15) is 44.9 Å². The van der Waals surface area contributed by atoms with Crippen LogP contribution >= 0.6 is 0 Å². The molecule has 84 valence electrons. The van der Waals surface area contributed by atoms with Crippen molar-refractivity contribution in [2.45, 2.75) is 44.9 Å². The summed E-state index contributed by atoms with van der Waals surface area (Å²) in [4.78, 5) is 11.2. The highest BCUT2D eigenvalue weighted by Crippen LogP contribution is 2.05. The van der Waals surface area contributed by atoms with Crippen LogP contribution in [0.2, 0.25) is 0 Å². The summed E-state index contributed by atoms with van der Waals surface area (Å²) in [6, 6.07) is 0. The second-order valence-electron chi connectivity index (χ2n) is 3.81. The van der Waals surface area contributed by atoms with Crippen molar-refractivity contribution < 1.29 is 9.53 Å². The molecule has 0 atom stereocenters. The fraction of sp³-hybridized carbons (Fsp3) is 0.615. The Labute approximate surface area is 92.0 Å². The van der Waals surface area contributed by atoms with E-state index in [9.17, 15) is 4.79 Å². The largest absolute Gasteiger partial charge is 0.465 e. The van der Waals surface area contributed by atoms with Crippen molar-refractivity contribution in [1.82, 2.24) is 0 Å². The van der Waals surface area contributed by atoms with E-state index in [1.165, 1.54) is 19.3 Å². The van der Waals surface area contributed by atoms with Crippen LogP contribution < -0.4 is 0 Å². The van der Waals surface area contributed by atoms with Gasteiger partial charge in [0.2, 0.25) is 0 Å². The van der Waals surface area contributed by atoms with Gasteiger partial charge in [-0.05, 0) is 25.7 Å². The lowest BCUT2D eigenvalue weighted by Gasteiger charge is -2.03. The Bertz CT molecular complexity index is 229. The van der Waals surface area contributed by atoms with Crippen molar-refractivity contribution >= 4 is 5.97 Å². The van der Waals surface area contributed by atoms with Crippen molar-refractivity contribution in [3.8, 4) is 0 Å². The van der Waals surface area contributed by atoms with Crippen LogP contribution in [0.3, 0.4) is 0 Å². The molecule has 0 saturated carbocycles. The van der Waals surface area contributed by atoms with Crippen LogP contribution in [0.25, 0.3) is 0 Å². The standard InChI is InChI=1S/C13H20O2/c14-13-11-9-7-5-3-1-2-4-6-8-10-12-15-13/h1,3,7,9H,2,4-6,8,10-12H2. The molecule has 0 saturated heterocycles. The second kappa shape index (κ2) is 8.27. The van der Waals surface area contributed by atoms with E-state index in [0.29, 0.717) is 13.0 Å². The molecule has 0 bridgehead atoms. The Morgan fingerprint density at radius 1 is 0.933 bits per heavy atom. The van der Waals surface area contributed by atoms with Gasteiger partial charge in [0.1, 0.15) is 0 Å². The Morgan fingerprint density at radius 2 is 1.73 bits per heavy atom. The molecule has 0 fully saturated rings. The van der Waals surface area contributed by atoms with Crippen LogP contribution in [0.15, 0.2) is 24.3 Å². The van der Waals surface area contributed by atoms with E-state index < -0.39 is 0 Å². The van der Waals surface area contributed by atoms with Gasteiger partial charge in [-0.15, -0.1) is 0 Å². The van der Waals surface area contributed by atoms with E-state index in [4.69, 9.17) is 4.74 Å². The van der Waals surface area contributed by atoms with Gasteiger partial charge in [0.15, 0.2) is 0 Å². The third-order valence-corrected chi connectivity index (χ3v) is 2.42. The molecule has 2 heteroatoms. The smallest absolute Gasteiger partial charge is 0.309 e. The van der Waals surface area contributed by atoms with Gasteiger partial charge in [0.25, 0.3) is 0 Å². The first-order valence-corrected chi connectivity index (χ1v) is 5.85. The third-order valence-electron chi connectivity index (χ3n) is 2.42. The summed E-state index contributed by atoms with van der Waals surface area (Å²) < 4.78 is 5.08. The number of esters is 1. The van der Waals surface area contributed by atoms with Gasteiger partial charge in [0.05, 0.1) is 13.0 Å². The number of hydrogen-bond acceptors (Lipinski definition) is 2. The normalized spacial score (nSPS) is 20.7. The minimum atomic E-state index is -0.104. The van der Waals surface area contributed by atoms with Gasteiger partial charge in [0, 0.05) is 0 Å². The van der Waals surface area contributed by atoms with Crippen molar-refractivity contribution in [1.29, 1.82) is 0 Å². The molecule has 0 N–H and O–H groups in total. The zero-order valence-corrected chi connectivity index (χ0v) is 9.28. The van der Waals surface area contributed by atoms with E-state index in [-0.39, 0.29) is 5.97 Å². The predicted octanol–water partition coefficient (Wildman–Crippen LogP) is 3.39. The highest BCUT2D eigenvalue weighted by Gasteiger charge is 1.99. The quantitative estimate of drug-likeness (QED) is 0.450. The Balaban J connectivity index is 2.30. The fourth-order valence-electron chi connectivity index (χ4n) is 1.53. The minimum Gasteiger partial charge on any atom is -0.465 e. The maximum Gasteiger partial charge on any atom is 0.309 e. The maximum absolute atomic E-state index is 11.2. The summed E-state index contributed by atoms with van der Waals surface area (Å²) in [5.41, 5.74) is 0. The molecule has 0 spiro atoms. The van der Waals surface area contributed by atoms with E-state index in [1.54, 1.807) is 0 Å². The molecule has 0 aromatic rings. The number of rotatable bonds is 0. The van der Waals surface area contributed by atoms with Crippen LogP contribution in [-0.2, 0) is 9.53 Å². The van der Waals surface area contributed by atoms with Gasteiger partial charge in [-0.25, -0.2) is 0 Å². The van der Waals surface area contributed by atoms with Crippen molar-refractivity contribution in [2.24, 2.45) is 0 Å². The van der Waals surface area contributed by atoms with Gasteiger partial charge in [-0.2, -0.15) is 0 Å². The SMILES string of the molecule is O=C1CC=CCC=CCCCCCCO1. The second-order valence-corrected chi connectivity index (χ2v) is 3.81. The number of ether oxygens (including phenoxy) is 1. The van der Waals surface area contributed by atoms with Crippen LogP contribution in [0.5, 0.6) is 0 Å². The van der Waals surface area contributed by atoms with Gasteiger partial charge < -0.3 is 4.74 Å². The average Bonchev–Trinajstić information content (AvgIpc) is 2.24. The first kappa shape index (κ1) is 12.0.